The molecule has 6 nitrogen and oxygen atoms in total. The maximum atomic E-state index is 4.68. The van der Waals surface area contributed by atoms with Gasteiger partial charge in [-0.3, -0.25) is 4.68 Å². The number of hydrogen-bond acceptors (Lipinski definition) is 5. The van der Waals surface area contributed by atoms with Gasteiger partial charge in [0, 0.05) is 12.5 Å². The van der Waals surface area contributed by atoms with Gasteiger partial charge in [0.2, 0.25) is 4.96 Å². The molecule has 7 heteroatoms. The van der Waals surface area contributed by atoms with Crippen LogP contribution in [0.4, 0.5) is 0 Å². The van der Waals surface area contributed by atoms with Crippen molar-refractivity contribution in [3.8, 4) is 10.7 Å². The zero-order valence-electron chi connectivity index (χ0n) is 10.9. The maximum Gasteiger partial charge on any atom is 0.235 e. The van der Waals surface area contributed by atoms with Gasteiger partial charge < -0.3 is 0 Å². The molecule has 0 amide bonds. The summed E-state index contributed by atoms with van der Waals surface area (Å²) in [5.74, 6) is 1.57. The van der Waals surface area contributed by atoms with E-state index in [-0.39, 0.29) is 0 Å². The van der Waals surface area contributed by atoms with Crippen LogP contribution in [0.15, 0.2) is 6.07 Å². The fourth-order valence-corrected chi connectivity index (χ4v) is 3.16. The van der Waals surface area contributed by atoms with Gasteiger partial charge in [-0.1, -0.05) is 11.3 Å². The Bertz CT molecular complexity index is 748. The van der Waals surface area contributed by atoms with E-state index >= 15 is 0 Å². The van der Waals surface area contributed by atoms with Crippen molar-refractivity contribution in [2.45, 2.75) is 39.2 Å². The first-order valence-electron chi connectivity index (χ1n) is 6.53. The molecule has 3 aromatic heterocycles. The van der Waals surface area contributed by atoms with Crippen molar-refractivity contribution < 1.29 is 0 Å². The highest BCUT2D eigenvalue weighted by Crippen LogP contribution is 2.39. The minimum atomic E-state index is 0.558. The van der Waals surface area contributed by atoms with Gasteiger partial charge in [0.25, 0.3) is 0 Å². The van der Waals surface area contributed by atoms with Crippen LogP contribution >= 0.6 is 11.3 Å². The lowest BCUT2D eigenvalue weighted by atomic mass is 10.4. The first kappa shape index (κ1) is 11.1. The molecule has 1 aliphatic rings. The smallest absolute Gasteiger partial charge is 0.235 e. The van der Waals surface area contributed by atoms with Gasteiger partial charge in [-0.05, 0) is 32.8 Å². The Morgan fingerprint density at radius 3 is 2.89 bits per heavy atom. The zero-order chi connectivity index (χ0) is 13.0. The van der Waals surface area contributed by atoms with Crippen LogP contribution < -0.4 is 0 Å². The van der Waals surface area contributed by atoms with Crippen LogP contribution in [0.5, 0.6) is 0 Å². The Labute approximate surface area is 114 Å². The van der Waals surface area contributed by atoms with Crippen LogP contribution in [-0.4, -0.2) is 29.6 Å². The first-order chi connectivity index (χ1) is 9.26. The van der Waals surface area contributed by atoms with Gasteiger partial charge in [-0.2, -0.15) is 14.7 Å². The summed E-state index contributed by atoms with van der Waals surface area (Å²) >= 11 is 1.58. The van der Waals surface area contributed by atoms with Crippen LogP contribution in [-0.2, 0) is 6.54 Å². The first-order valence-corrected chi connectivity index (χ1v) is 7.35. The van der Waals surface area contributed by atoms with E-state index in [1.54, 1.807) is 11.3 Å². The van der Waals surface area contributed by atoms with Gasteiger partial charge >= 0.3 is 0 Å². The molecule has 0 saturated heterocycles. The van der Waals surface area contributed by atoms with Crippen molar-refractivity contribution in [3.05, 3.63) is 17.6 Å². The van der Waals surface area contributed by atoms with E-state index in [1.807, 2.05) is 16.1 Å². The van der Waals surface area contributed by atoms with Crippen LogP contribution in [0.25, 0.3) is 15.7 Å². The Kier molecular flexibility index (Phi) is 2.26. The average molecular weight is 274 g/mol. The van der Waals surface area contributed by atoms with Crippen molar-refractivity contribution in [3.63, 3.8) is 0 Å². The number of rotatable bonds is 3. The summed E-state index contributed by atoms with van der Waals surface area (Å²) in [4.78, 5) is 0.874. The highest BCUT2D eigenvalue weighted by Gasteiger charge is 2.30. The van der Waals surface area contributed by atoms with Gasteiger partial charge in [0.1, 0.15) is 0 Å². The number of nitrogens with zero attached hydrogens (tertiary/aromatic N) is 6. The summed E-state index contributed by atoms with van der Waals surface area (Å²) in [7, 11) is 0. The third kappa shape index (κ3) is 1.68. The Morgan fingerprint density at radius 1 is 1.32 bits per heavy atom. The maximum absolute atomic E-state index is 4.68. The summed E-state index contributed by atoms with van der Waals surface area (Å²) < 4.78 is 3.89. The molecule has 0 radical (unpaired) electrons. The highest BCUT2D eigenvalue weighted by molar-refractivity contribution is 7.19. The Balaban J connectivity index is 1.86. The SMILES string of the molecule is CCn1nc(C)cc1-c1nn2c(C3CC3)nnc2s1. The molecule has 0 N–H and O–H groups in total. The third-order valence-corrected chi connectivity index (χ3v) is 4.30. The van der Waals surface area contributed by atoms with E-state index in [9.17, 15) is 0 Å². The van der Waals surface area contributed by atoms with E-state index in [4.69, 9.17) is 0 Å². The minimum absolute atomic E-state index is 0.558. The Morgan fingerprint density at radius 2 is 2.16 bits per heavy atom. The van der Waals surface area contributed by atoms with Gasteiger partial charge in [0.05, 0.1) is 11.4 Å². The molecule has 4 rings (SSSR count). The number of aryl methyl sites for hydroxylation is 2. The summed E-state index contributed by atoms with van der Waals surface area (Å²) in [5, 5.41) is 18.6. The molecule has 0 spiro atoms. The quantitative estimate of drug-likeness (QED) is 0.735. The second kappa shape index (κ2) is 3.86. The molecule has 0 unspecified atom stereocenters. The molecule has 19 heavy (non-hydrogen) atoms. The largest absolute Gasteiger partial charge is 0.262 e. The molecular formula is C12H14N6S. The van der Waals surface area contributed by atoms with Crippen molar-refractivity contribution >= 4 is 16.3 Å². The molecule has 0 aromatic carbocycles. The van der Waals surface area contributed by atoms with E-state index < -0.39 is 0 Å². The monoisotopic (exact) mass is 274 g/mol. The lowest BCUT2D eigenvalue weighted by Gasteiger charge is -1.99. The van der Waals surface area contributed by atoms with Crippen molar-refractivity contribution in [2.75, 3.05) is 0 Å². The van der Waals surface area contributed by atoms with E-state index in [0.717, 1.165) is 33.7 Å². The van der Waals surface area contributed by atoms with Crippen molar-refractivity contribution in [1.29, 1.82) is 0 Å². The zero-order valence-corrected chi connectivity index (χ0v) is 11.7. The third-order valence-electron chi connectivity index (χ3n) is 3.38. The van der Waals surface area contributed by atoms with E-state index in [2.05, 4.69) is 33.4 Å². The number of aromatic nitrogens is 6. The topological polar surface area (TPSA) is 60.9 Å². The standard InChI is InChI=1S/C12H14N6S/c1-3-17-9(6-7(2)15-17)11-16-18-10(8-4-5-8)13-14-12(18)19-11/h6,8H,3-5H2,1-2H3. The fourth-order valence-electron chi connectivity index (χ4n) is 2.29. The predicted octanol–water partition coefficient (Wildman–Crippen LogP) is 2.26. The average Bonchev–Trinajstić information content (AvgIpc) is 2.86. The predicted molar refractivity (Wildman–Crippen MR) is 72.3 cm³/mol. The summed E-state index contributed by atoms with van der Waals surface area (Å²) in [5.41, 5.74) is 2.09. The van der Waals surface area contributed by atoms with Crippen molar-refractivity contribution in [2.24, 2.45) is 0 Å². The molecule has 1 saturated carbocycles. The summed E-state index contributed by atoms with van der Waals surface area (Å²) in [6, 6.07) is 2.08. The van der Waals surface area contributed by atoms with E-state index in [0.29, 0.717) is 5.92 Å². The second-order valence-electron chi connectivity index (χ2n) is 4.92. The minimum Gasteiger partial charge on any atom is -0.262 e. The summed E-state index contributed by atoms with van der Waals surface area (Å²) in [6.45, 7) is 4.94. The lowest BCUT2D eigenvalue weighted by Crippen LogP contribution is -2.00. The van der Waals surface area contributed by atoms with Gasteiger partial charge in [-0.25, -0.2) is 0 Å². The van der Waals surface area contributed by atoms with Crippen LogP contribution in [0.2, 0.25) is 0 Å². The molecule has 98 valence electrons. The van der Waals surface area contributed by atoms with Crippen LogP contribution in [0, 0.1) is 6.92 Å². The molecule has 0 bridgehead atoms. The van der Waals surface area contributed by atoms with Crippen molar-refractivity contribution in [1.82, 2.24) is 29.6 Å². The van der Waals surface area contributed by atoms with E-state index in [1.165, 1.54) is 12.8 Å². The fraction of sp³-hybridized carbons (Fsp3) is 0.500. The van der Waals surface area contributed by atoms with Crippen LogP contribution in [0.1, 0.15) is 37.2 Å². The number of hydrogen-bond donors (Lipinski definition) is 0. The normalized spacial score (nSPS) is 15.5. The van der Waals surface area contributed by atoms with Crippen LogP contribution in [0.3, 0.4) is 0 Å². The lowest BCUT2D eigenvalue weighted by molar-refractivity contribution is 0.658. The molecule has 0 aliphatic heterocycles. The molecule has 3 heterocycles. The molecule has 1 fully saturated rings. The molecule has 1 aliphatic carbocycles. The summed E-state index contributed by atoms with van der Waals surface area (Å²) in [6.07, 6.45) is 2.42. The molecular weight excluding hydrogens is 260 g/mol. The second-order valence-corrected chi connectivity index (χ2v) is 5.88. The van der Waals surface area contributed by atoms with Gasteiger partial charge in [-0.15, -0.1) is 10.2 Å². The highest BCUT2D eigenvalue weighted by atomic mass is 32.1. The molecule has 0 atom stereocenters. The number of fused-ring (bicyclic) bond motifs is 1. The Hall–Kier alpha value is -1.76. The van der Waals surface area contributed by atoms with Gasteiger partial charge in [0.15, 0.2) is 10.8 Å². The molecule has 3 aromatic rings.